The summed E-state index contributed by atoms with van der Waals surface area (Å²) in [6.07, 6.45) is 65.5. The van der Waals surface area contributed by atoms with Gasteiger partial charge in [0, 0.05) is 6.42 Å². The highest BCUT2D eigenvalue weighted by Gasteiger charge is 2.47. The van der Waals surface area contributed by atoms with E-state index in [2.05, 4.69) is 74.7 Å². The van der Waals surface area contributed by atoms with Crippen LogP contribution in [-0.4, -0.2) is 99.6 Å². The fourth-order valence-electron chi connectivity index (χ4n) is 10.8. The Labute approximate surface area is 509 Å². The van der Waals surface area contributed by atoms with Crippen LogP contribution in [0.4, 0.5) is 0 Å². The van der Waals surface area contributed by atoms with E-state index in [9.17, 15) is 35.1 Å². The average molecular weight is 1170 g/mol. The zero-order valence-corrected chi connectivity index (χ0v) is 53.8. The summed E-state index contributed by atoms with van der Waals surface area (Å²) in [5.74, 6) is -1.19. The van der Waals surface area contributed by atoms with E-state index in [1.807, 2.05) is 6.08 Å². The first-order valence-corrected chi connectivity index (χ1v) is 35.1. The summed E-state index contributed by atoms with van der Waals surface area (Å²) in [4.78, 5) is 26.6. The van der Waals surface area contributed by atoms with Gasteiger partial charge in [-0.1, -0.05) is 287 Å². The molecule has 0 aromatic carbocycles. The maximum atomic E-state index is 13.4. The normalized spacial score (nSPS) is 18.9. The molecular formula is C72H131NO10. The molecule has 11 nitrogen and oxygen atoms in total. The Balaban J connectivity index is 2.55. The van der Waals surface area contributed by atoms with Crippen molar-refractivity contribution >= 4 is 11.9 Å². The van der Waals surface area contributed by atoms with Crippen molar-refractivity contribution in [1.82, 2.24) is 5.32 Å². The van der Waals surface area contributed by atoms with E-state index in [4.69, 9.17) is 14.2 Å². The van der Waals surface area contributed by atoms with Gasteiger partial charge in [-0.15, -0.1) is 0 Å². The lowest BCUT2D eigenvalue weighted by molar-refractivity contribution is -0.305. The molecule has 6 N–H and O–H groups in total. The summed E-state index contributed by atoms with van der Waals surface area (Å²) in [6.45, 7) is 5.78. The first-order valence-electron chi connectivity index (χ1n) is 35.1. The summed E-state index contributed by atoms with van der Waals surface area (Å²) >= 11 is 0. The second kappa shape index (κ2) is 59.7. The molecule has 0 spiro atoms. The number of aliphatic hydroxyl groups is 5. The van der Waals surface area contributed by atoms with E-state index >= 15 is 0 Å². The molecular weight excluding hydrogens is 1040 g/mol. The van der Waals surface area contributed by atoms with Crippen LogP contribution in [0, 0.1) is 0 Å². The van der Waals surface area contributed by atoms with Gasteiger partial charge < -0.3 is 45.1 Å². The molecule has 1 saturated heterocycles. The third kappa shape index (κ3) is 47.2. The molecule has 1 fully saturated rings. The van der Waals surface area contributed by atoms with Gasteiger partial charge in [0.05, 0.1) is 25.4 Å². The average Bonchev–Trinajstić information content (AvgIpc) is 3.61. The third-order valence-corrected chi connectivity index (χ3v) is 16.4. The minimum absolute atomic E-state index is 0.122. The fraction of sp³-hybridized carbons (Fsp3) is 0.833. The Kier molecular flexibility index (Phi) is 56.4. The smallest absolute Gasteiger partial charge is 0.306 e. The summed E-state index contributed by atoms with van der Waals surface area (Å²) in [7, 11) is 0. The van der Waals surface area contributed by atoms with Crippen LogP contribution in [-0.2, 0) is 23.8 Å². The molecule has 1 rings (SSSR count). The SMILES string of the molecule is CCCCC/C=C\C/C=C\C/C=C\CCCCCCCCCCCCCCCCC(=O)OC1C(OCC(NC(=O)C(O)CCCCCCCC/C=C\CCCCCC)C(O)/C=C/CCCCCCCCCCCCC)OC(CO)C(O)C1O. The number of rotatable bonds is 60. The second-order valence-electron chi connectivity index (χ2n) is 24.3. The molecule has 0 saturated carbocycles. The molecule has 0 aliphatic carbocycles. The van der Waals surface area contributed by atoms with Crippen LogP contribution in [0.15, 0.2) is 60.8 Å². The first-order chi connectivity index (χ1) is 40.7. The van der Waals surface area contributed by atoms with Crippen LogP contribution in [0.3, 0.4) is 0 Å². The summed E-state index contributed by atoms with van der Waals surface area (Å²) in [6, 6.07) is -1.03. The first kappa shape index (κ1) is 78.4. The molecule has 484 valence electrons. The van der Waals surface area contributed by atoms with Gasteiger partial charge >= 0.3 is 5.97 Å². The number of nitrogens with one attached hydrogen (secondary N) is 1. The van der Waals surface area contributed by atoms with Crippen LogP contribution in [0.5, 0.6) is 0 Å². The van der Waals surface area contributed by atoms with Crippen molar-refractivity contribution in [2.45, 2.75) is 372 Å². The zero-order chi connectivity index (χ0) is 60.3. The maximum Gasteiger partial charge on any atom is 0.306 e. The molecule has 0 aromatic rings. The summed E-state index contributed by atoms with van der Waals surface area (Å²) in [5, 5.41) is 57.2. The van der Waals surface area contributed by atoms with Gasteiger partial charge in [-0.05, 0) is 89.9 Å². The van der Waals surface area contributed by atoms with Gasteiger partial charge in [0.15, 0.2) is 12.4 Å². The molecule has 0 aromatic heterocycles. The van der Waals surface area contributed by atoms with Crippen LogP contribution in [0.25, 0.3) is 0 Å². The van der Waals surface area contributed by atoms with E-state index in [1.165, 1.54) is 193 Å². The highest BCUT2D eigenvalue weighted by Crippen LogP contribution is 2.26. The summed E-state index contributed by atoms with van der Waals surface area (Å²) in [5.41, 5.74) is 0. The van der Waals surface area contributed by atoms with Crippen molar-refractivity contribution in [3.05, 3.63) is 60.8 Å². The van der Waals surface area contributed by atoms with E-state index in [0.717, 1.165) is 83.5 Å². The fourth-order valence-corrected chi connectivity index (χ4v) is 10.8. The number of allylic oxidation sites excluding steroid dienone is 9. The number of carbonyl (C=O) groups is 2. The zero-order valence-electron chi connectivity index (χ0n) is 53.8. The molecule has 0 radical (unpaired) electrons. The standard InChI is InChI=1S/C72H131NO10/c1-4-7-10-13-16-19-22-25-27-28-29-30-31-32-33-34-35-36-37-38-39-42-45-48-51-54-57-60-67(77)83-70-69(79)68(78)66(61-74)82-72(70)81-62-63(64(75)58-55-52-49-46-43-40-24-21-18-15-12-9-6-3)73-71(80)65(76)59-56-53-50-47-44-41-26-23-20-17-14-11-8-5-2/h16,19-20,23,25,27,29-30,55,58,63-66,68-70,72,74-76,78-79H,4-15,17-18,21-22,24,26,28,31-54,56-57,59-62H2,1-3H3,(H,73,80)/b19-16-,23-20-,27-25-,30-29-,58-55+. The van der Waals surface area contributed by atoms with E-state index in [0.29, 0.717) is 12.8 Å². The molecule has 0 bridgehead atoms. The van der Waals surface area contributed by atoms with Crippen molar-refractivity contribution in [2.75, 3.05) is 13.2 Å². The summed E-state index contributed by atoms with van der Waals surface area (Å²) < 4.78 is 17.7. The van der Waals surface area contributed by atoms with Gasteiger partial charge in [0.2, 0.25) is 5.91 Å². The molecule has 1 heterocycles. The number of ether oxygens (including phenoxy) is 3. The van der Waals surface area contributed by atoms with Gasteiger partial charge in [-0.25, -0.2) is 0 Å². The van der Waals surface area contributed by atoms with Gasteiger partial charge in [-0.2, -0.15) is 0 Å². The maximum absolute atomic E-state index is 13.4. The van der Waals surface area contributed by atoms with Crippen molar-refractivity contribution in [3.63, 3.8) is 0 Å². The van der Waals surface area contributed by atoms with Crippen LogP contribution < -0.4 is 5.32 Å². The van der Waals surface area contributed by atoms with E-state index in [-0.39, 0.29) is 19.4 Å². The molecule has 8 atom stereocenters. The predicted molar refractivity (Wildman–Crippen MR) is 347 cm³/mol. The van der Waals surface area contributed by atoms with Crippen LogP contribution in [0.2, 0.25) is 0 Å². The molecule has 11 heteroatoms. The van der Waals surface area contributed by atoms with Gasteiger partial charge in [0.25, 0.3) is 0 Å². The highest BCUT2D eigenvalue weighted by atomic mass is 16.7. The molecule has 8 unspecified atom stereocenters. The van der Waals surface area contributed by atoms with Gasteiger partial charge in [0.1, 0.15) is 24.4 Å². The van der Waals surface area contributed by atoms with Crippen LogP contribution in [0.1, 0.15) is 323 Å². The second-order valence-corrected chi connectivity index (χ2v) is 24.3. The minimum Gasteiger partial charge on any atom is -0.454 e. The van der Waals surface area contributed by atoms with E-state index in [1.54, 1.807) is 6.08 Å². The largest absolute Gasteiger partial charge is 0.454 e. The highest BCUT2D eigenvalue weighted by molar-refractivity contribution is 5.80. The number of hydrogen-bond acceptors (Lipinski definition) is 10. The third-order valence-electron chi connectivity index (χ3n) is 16.4. The Hall–Kier alpha value is -2.64. The lowest BCUT2D eigenvalue weighted by atomic mass is 9.99. The lowest BCUT2D eigenvalue weighted by Gasteiger charge is -2.41. The van der Waals surface area contributed by atoms with Crippen LogP contribution >= 0.6 is 0 Å². The minimum atomic E-state index is -1.62. The molecule has 1 amide bonds. The van der Waals surface area contributed by atoms with Gasteiger partial charge in [-0.3, -0.25) is 9.59 Å². The molecule has 83 heavy (non-hydrogen) atoms. The van der Waals surface area contributed by atoms with Crippen molar-refractivity contribution < 1.29 is 49.3 Å². The quantitative estimate of drug-likeness (QED) is 0.0195. The number of unbranched alkanes of at least 4 members (excludes halogenated alkanes) is 38. The predicted octanol–water partition coefficient (Wildman–Crippen LogP) is 17.7. The molecule has 1 aliphatic heterocycles. The Bertz CT molecular complexity index is 1580. The number of carbonyl (C=O) groups excluding carboxylic acids is 2. The number of aliphatic hydroxyl groups excluding tert-OH is 5. The van der Waals surface area contributed by atoms with Crippen molar-refractivity contribution in [1.29, 1.82) is 0 Å². The Morgan fingerprint density at radius 1 is 0.470 bits per heavy atom. The monoisotopic (exact) mass is 1170 g/mol. The van der Waals surface area contributed by atoms with Crippen molar-refractivity contribution in [3.8, 4) is 0 Å². The molecule has 1 aliphatic rings. The van der Waals surface area contributed by atoms with Crippen molar-refractivity contribution in [2.24, 2.45) is 0 Å². The van der Waals surface area contributed by atoms with E-state index < -0.39 is 67.4 Å². The number of hydrogen-bond donors (Lipinski definition) is 6. The Morgan fingerprint density at radius 2 is 0.831 bits per heavy atom. The topological polar surface area (TPSA) is 175 Å². The number of esters is 1. The Morgan fingerprint density at radius 3 is 1.29 bits per heavy atom. The lowest BCUT2D eigenvalue weighted by Crippen LogP contribution is -2.61. The number of amides is 1.